The van der Waals surface area contributed by atoms with Crippen LogP contribution in [0.1, 0.15) is 5.56 Å². The quantitative estimate of drug-likeness (QED) is 0.485. The van der Waals surface area contributed by atoms with Gasteiger partial charge in [-0.05, 0) is 23.1 Å². The molecule has 1 rings (SSSR count). The summed E-state index contributed by atoms with van der Waals surface area (Å²) in [5, 5.41) is 0. The van der Waals surface area contributed by atoms with E-state index in [0.29, 0.717) is 6.42 Å². The van der Waals surface area contributed by atoms with Gasteiger partial charge in [-0.25, -0.2) is 0 Å². The second kappa shape index (κ2) is 4.94. The number of benzene rings is 1. The Hall–Kier alpha value is 0.0600. The molecule has 1 aromatic rings. The monoisotopic (exact) mass is 295 g/mol. The van der Waals surface area contributed by atoms with Crippen LogP contribution < -0.4 is 0 Å². The molecule has 0 aliphatic carbocycles. The zero-order valence-corrected chi connectivity index (χ0v) is 9.25. The van der Waals surface area contributed by atoms with Gasteiger partial charge in [0.1, 0.15) is 0 Å². The Balaban J connectivity index is 2.58. The summed E-state index contributed by atoms with van der Waals surface area (Å²) in [6.45, 7) is 0. The largest absolute Gasteiger partial charge is 0.772 e. The number of alkyl halides is 1. The molecule has 1 aromatic carbocycles. The second-order valence-corrected chi connectivity index (χ2v) is 5.80. The van der Waals surface area contributed by atoms with E-state index < -0.39 is 11.1 Å². The molecule has 0 heterocycles. The van der Waals surface area contributed by atoms with Crippen LogP contribution in [0.3, 0.4) is 0 Å². The number of rotatable bonds is 3. The number of halogens is 1. The van der Waals surface area contributed by atoms with Crippen LogP contribution in [0.2, 0.25) is 0 Å². The van der Waals surface area contributed by atoms with Crippen molar-refractivity contribution in [3.8, 4) is 0 Å². The lowest BCUT2D eigenvalue weighted by Gasteiger charge is -2.12. The molecule has 2 nitrogen and oxygen atoms in total. The van der Waals surface area contributed by atoms with Gasteiger partial charge in [-0.15, -0.1) is 0 Å². The van der Waals surface area contributed by atoms with E-state index in [1.807, 2.05) is 52.9 Å². The van der Waals surface area contributed by atoms with Crippen LogP contribution in [-0.2, 0) is 17.5 Å². The van der Waals surface area contributed by atoms with Gasteiger partial charge in [0.2, 0.25) is 0 Å². The summed E-state index contributed by atoms with van der Waals surface area (Å²) in [5.41, 5.74) is 1.06. The van der Waals surface area contributed by atoms with Crippen molar-refractivity contribution in [3.05, 3.63) is 35.9 Å². The maximum Gasteiger partial charge on any atom is 0.0772 e. The smallest absolute Gasteiger partial charge is 0.0772 e. The van der Waals surface area contributed by atoms with Gasteiger partial charge in [0.25, 0.3) is 0 Å². The highest BCUT2D eigenvalue weighted by atomic mass is 127. The molecule has 0 aliphatic heterocycles. The Morgan fingerprint density at radius 3 is 2.50 bits per heavy atom. The van der Waals surface area contributed by atoms with E-state index in [0.717, 1.165) is 5.56 Å². The Kier molecular flexibility index (Phi) is 4.17. The molecule has 0 spiro atoms. The molecule has 0 aromatic heterocycles. The highest BCUT2D eigenvalue weighted by Crippen LogP contribution is 2.12. The van der Waals surface area contributed by atoms with Crippen molar-refractivity contribution in [1.29, 1.82) is 0 Å². The van der Waals surface area contributed by atoms with Crippen molar-refractivity contribution in [2.75, 3.05) is 0 Å². The van der Waals surface area contributed by atoms with Crippen LogP contribution in [-0.4, -0.2) is 12.0 Å². The van der Waals surface area contributed by atoms with E-state index in [1.54, 1.807) is 0 Å². The summed E-state index contributed by atoms with van der Waals surface area (Å²) >= 11 is -0.0518. The first kappa shape index (κ1) is 10.1. The van der Waals surface area contributed by atoms with E-state index in [1.165, 1.54) is 0 Å². The molecule has 0 aliphatic rings. The van der Waals surface area contributed by atoms with Crippen LogP contribution in [0, 0.1) is 0 Å². The predicted molar refractivity (Wildman–Crippen MR) is 56.9 cm³/mol. The SMILES string of the molecule is O=S([O-])C(I)Cc1ccccc1. The fourth-order valence-electron chi connectivity index (χ4n) is 0.867. The molecular weight excluding hydrogens is 287 g/mol. The standard InChI is InChI=1S/C8H9IO2S/c9-8(12(10)11)6-7-4-2-1-3-5-7/h1-5,8H,6H2,(H,10,11)/p-1. The van der Waals surface area contributed by atoms with Gasteiger partial charge >= 0.3 is 0 Å². The first-order chi connectivity index (χ1) is 5.70. The van der Waals surface area contributed by atoms with Crippen LogP contribution in [0.5, 0.6) is 0 Å². The molecule has 0 N–H and O–H groups in total. The highest BCUT2D eigenvalue weighted by molar-refractivity contribution is 14.1. The van der Waals surface area contributed by atoms with Crippen LogP contribution in [0.4, 0.5) is 0 Å². The third-order valence-electron chi connectivity index (χ3n) is 1.45. The molecule has 0 saturated heterocycles. The average Bonchev–Trinajstić information content (AvgIpc) is 2.06. The normalized spacial score (nSPS) is 15.5. The summed E-state index contributed by atoms with van der Waals surface area (Å²) in [4.78, 5) is 0. The first-order valence-corrected chi connectivity index (χ1v) is 5.84. The molecule has 0 radical (unpaired) electrons. The Morgan fingerprint density at radius 2 is 2.00 bits per heavy atom. The molecule has 4 heteroatoms. The highest BCUT2D eigenvalue weighted by Gasteiger charge is 2.03. The van der Waals surface area contributed by atoms with Crippen LogP contribution in [0.25, 0.3) is 0 Å². The van der Waals surface area contributed by atoms with E-state index in [4.69, 9.17) is 0 Å². The molecule has 0 bridgehead atoms. The number of hydrogen-bond acceptors (Lipinski definition) is 2. The summed E-state index contributed by atoms with van der Waals surface area (Å²) < 4.78 is 20.7. The van der Waals surface area contributed by atoms with Gasteiger partial charge < -0.3 is 4.55 Å². The van der Waals surface area contributed by atoms with E-state index in [2.05, 4.69) is 0 Å². The topological polar surface area (TPSA) is 40.1 Å². The van der Waals surface area contributed by atoms with Crippen LogP contribution >= 0.6 is 22.6 Å². The second-order valence-electron chi connectivity index (χ2n) is 2.36. The average molecular weight is 295 g/mol. The Morgan fingerprint density at radius 1 is 1.42 bits per heavy atom. The summed E-state index contributed by atoms with van der Waals surface area (Å²) in [6, 6.07) is 9.59. The first-order valence-electron chi connectivity index (χ1n) is 3.46. The minimum atomic E-state index is -1.97. The molecule has 2 atom stereocenters. The fraction of sp³-hybridized carbons (Fsp3) is 0.250. The zero-order valence-electron chi connectivity index (χ0n) is 6.27. The van der Waals surface area contributed by atoms with Gasteiger partial charge in [-0.2, -0.15) is 0 Å². The number of hydrogen-bond donors (Lipinski definition) is 0. The van der Waals surface area contributed by atoms with Gasteiger partial charge in [0, 0.05) is 0 Å². The molecule has 2 unspecified atom stereocenters. The van der Waals surface area contributed by atoms with Crippen LogP contribution in [0.15, 0.2) is 30.3 Å². The van der Waals surface area contributed by atoms with Gasteiger partial charge in [0.15, 0.2) is 0 Å². The van der Waals surface area contributed by atoms with Crippen molar-refractivity contribution in [2.45, 2.75) is 9.68 Å². The molecular formula is C8H8IO2S-. The molecule has 0 amide bonds. The lowest BCUT2D eigenvalue weighted by atomic mass is 10.2. The predicted octanol–water partition coefficient (Wildman–Crippen LogP) is 1.87. The third-order valence-corrected chi connectivity index (χ3v) is 3.72. The molecule has 12 heavy (non-hydrogen) atoms. The lowest BCUT2D eigenvalue weighted by molar-refractivity contribution is 0.535. The zero-order chi connectivity index (χ0) is 8.97. The summed E-state index contributed by atoms with van der Waals surface area (Å²) in [6.07, 6.45) is 0.581. The lowest BCUT2D eigenvalue weighted by Crippen LogP contribution is -2.09. The third kappa shape index (κ3) is 3.20. The van der Waals surface area contributed by atoms with Gasteiger partial charge in [0.05, 0.1) is 3.26 Å². The maximum atomic E-state index is 10.5. The summed E-state index contributed by atoms with van der Waals surface area (Å²) in [5.74, 6) is 0. The van der Waals surface area contributed by atoms with Gasteiger partial charge in [-0.3, -0.25) is 4.21 Å². The minimum absolute atomic E-state index is 0.329. The van der Waals surface area contributed by atoms with Crippen molar-refractivity contribution < 1.29 is 8.76 Å². The minimum Gasteiger partial charge on any atom is -0.772 e. The van der Waals surface area contributed by atoms with Crippen molar-refractivity contribution >= 4 is 33.7 Å². The van der Waals surface area contributed by atoms with Crippen molar-refractivity contribution in [1.82, 2.24) is 0 Å². The molecule has 0 fully saturated rings. The van der Waals surface area contributed by atoms with E-state index in [-0.39, 0.29) is 3.26 Å². The van der Waals surface area contributed by atoms with Gasteiger partial charge in [-0.1, -0.05) is 52.9 Å². The molecule has 0 saturated carbocycles. The van der Waals surface area contributed by atoms with Crippen molar-refractivity contribution in [3.63, 3.8) is 0 Å². The maximum absolute atomic E-state index is 10.5. The van der Waals surface area contributed by atoms with Crippen molar-refractivity contribution in [2.24, 2.45) is 0 Å². The Labute approximate surface area is 87.8 Å². The van der Waals surface area contributed by atoms with E-state index in [9.17, 15) is 8.76 Å². The molecule has 66 valence electrons. The van der Waals surface area contributed by atoms with E-state index >= 15 is 0 Å². The fourth-order valence-corrected chi connectivity index (χ4v) is 1.70. The summed E-state index contributed by atoms with van der Waals surface area (Å²) in [7, 11) is 0. The Bertz CT molecular complexity index is 263.